The van der Waals surface area contributed by atoms with E-state index in [0.29, 0.717) is 10.0 Å². The van der Waals surface area contributed by atoms with Crippen molar-refractivity contribution in [2.75, 3.05) is 0 Å². The molecule has 0 aliphatic carbocycles. The van der Waals surface area contributed by atoms with E-state index in [2.05, 4.69) is 0 Å². The summed E-state index contributed by atoms with van der Waals surface area (Å²) in [6, 6.07) is 11.1. The maximum atomic E-state index is 13.7. The second-order valence-electron chi connectivity index (χ2n) is 7.99. The number of carbonyl (C=O) groups excluding carboxylic acids is 4. The third kappa shape index (κ3) is 4.38. The summed E-state index contributed by atoms with van der Waals surface area (Å²) in [4.78, 5) is 54.1. The van der Waals surface area contributed by atoms with E-state index in [9.17, 15) is 19.2 Å². The van der Waals surface area contributed by atoms with E-state index in [0.717, 1.165) is 10.6 Å². The fourth-order valence-electron chi connectivity index (χ4n) is 3.77. The summed E-state index contributed by atoms with van der Waals surface area (Å²) in [6.45, 7) is 3.26. The van der Waals surface area contributed by atoms with Crippen LogP contribution in [0.5, 0.6) is 0 Å². The number of fused-ring (bicyclic) bond motifs is 1. The van der Waals surface area contributed by atoms with Gasteiger partial charge in [0, 0.05) is 16.1 Å². The molecule has 6 nitrogen and oxygen atoms in total. The van der Waals surface area contributed by atoms with Gasteiger partial charge in [0.25, 0.3) is 17.7 Å². The number of aryl methyl sites for hydroxylation is 1. The van der Waals surface area contributed by atoms with Crippen molar-refractivity contribution in [3.63, 3.8) is 0 Å². The van der Waals surface area contributed by atoms with Gasteiger partial charge in [-0.05, 0) is 38.1 Å². The molecule has 0 saturated carbocycles. The number of nitrogens with zero attached hydrogens (tertiary/aromatic N) is 2. The molecule has 0 bridgehead atoms. The van der Waals surface area contributed by atoms with Crippen LogP contribution in [0, 0.1) is 6.92 Å². The molecular formula is C25H15Cl5N2O4. The van der Waals surface area contributed by atoms with Crippen LogP contribution in [0.25, 0.3) is 0 Å². The Morgan fingerprint density at radius 2 is 1.17 bits per heavy atom. The minimum absolute atomic E-state index is 0.0766. The summed E-state index contributed by atoms with van der Waals surface area (Å²) in [5.41, 5.74) is 0.648. The number of rotatable bonds is 5. The van der Waals surface area contributed by atoms with Crippen molar-refractivity contribution in [2.24, 2.45) is 0 Å². The van der Waals surface area contributed by atoms with Crippen LogP contribution in [-0.4, -0.2) is 39.6 Å². The molecule has 3 aromatic carbocycles. The largest absolute Gasteiger partial charge is 0.292 e. The molecule has 3 amide bonds. The quantitative estimate of drug-likeness (QED) is 0.138. The lowest BCUT2D eigenvalue weighted by atomic mass is 10.0. The Morgan fingerprint density at radius 3 is 1.64 bits per heavy atom. The first-order valence-electron chi connectivity index (χ1n) is 10.4. The van der Waals surface area contributed by atoms with Gasteiger partial charge in [0.2, 0.25) is 0 Å². The van der Waals surface area contributed by atoms with Crippen molar-refractivity contribution < 1.29 is 19.2 Å². The number of carbonyl (C=O) groups is 4. The predicted octanol–water partition coefficient (Wildman–Crippen LogP) is 7.19. The summed E-state index contributed by atoms with van der Waals surface area (Å²) in [7, 11) is 0. The van der Waals surface area contributed by atoms with Gasteiger partial charge in [-0.25, -0.2) is 5.01 Å². The Balaban J connectivity index is 1.86. The molecule has 11 heteroatoms. The standard InChI is InChI=1S/C25H15Cl5N2O4/c1-11-3-5-13(6-4-11)22(33)12(2)31(23(34)14-7-9-15(26)10-8-14)32-24(35)16-17(25(32)36)19(28)21(30)20(29)18(16)27/h3-10,12H,1-2H3/t12-/m0/s1. The Hall–Kier alpha value is -2.61. The number of amides is 3. The van der Waals surface area contributed by atoms with Crippen LogP contribution in [0.2, 0.25) is 25.1 Å². The average molecular weight is 585 g/mol. The second kappa shape index (κ2) is 10.0. The highest BCUT2D eigenvalue weighted by molar-refractivity contribution is 6.55. The number of ketones is 1. The minimum atomic E-state index is -1.29. The van der Waals surface area contributed by atoms with Crippen molar-refractivity contribution in [2.45, 2.75) is 19.9 Å². The van der Waals surface area contributed by atoms with Crippen molar-refractivity contribution >= 4 is 81.5 Å². The van der Waals surface area contributed by atoms with E-state index in [1.54, 1.807) is 24.3 Å². The molecule has 0 N–H and O–H groups in total. The molecule has 0 unspecified atom stereocenters. The monoisotopic (exact) mass is 582 g/mol. The zero-order valence-electron chi connectivity index (χ0n) is 18.6. The van der Waals surface area contributed by atoms with Gasteiger partial charge < -0.3 is 0 Å². The van der Waals surface area contributed by atoms with Crippen LogP contribution < -0.4 is 0 Å². The SMILES string of the molecule is Cc1ccc(C(=O)[C@H](C)N(C(=O)c2ccc(Cl)cc2)N2C(=O)c3c(Cl)c(Cl)c(Cl)c(Cl)c3C2=O)cc1. The second-order valence-corrected chi connectivity index (χ2v) is 9.94. The lowest BCUT2D eigenvalue weighted by molar-refractivity contribution is -0.00679. The molecule has 1 atom stereocenters. The van der Waals surface area contributed by atoms with Crippen LogP contribution in [0.15, 0.2) is 48.5 Å². The topological polar surface area (TPSA) is 74.8 Å². The molecule has 3 aromatic rings. The minimum Gasteiger partial charge on any atom is -0.292 e. The summed E-state index contributed by atoms with van der Waals surface area (Å²) < 4.78 is 0. The molecular weight excluding hydrogens is 570 g/mol. The predicted molar refractivity (Wildman–Crippen MR) is 140 cm³/mol. The number of halogens is 5. The van der Waals surface area contributed by atoms with Gasteiger partial charge >= 0.3 is 0 Å². The maximum absolute atomic E-state index is 13.7. The fraction of sp³-hybridized carbons (Fsp3) is 0.120. The van der Waals surface area contributed by atoms with Crippen molar-refractivity contribution in [1.82, 2.24) is 10.0 Å². The van der Waals surface area contributed by atoms with E-state index in [1.807, 2.05) is 6.92 Å². The third-order valence-electron chi connectivity index (χ3n) is 5.68. The molecule has 0 radical (unpaired) electrons. The lowest BCUT2D eigenvalue weighted by Gasteiger charge is -2.34. The molecule has 0 fully saturated rings. The lowest BCUT2D eigenvalue weighted by Crippen LogP contribution is -2.56. The normalized spacial score (nSPS) is 13.6. The highest BCUT2D eigenvalue weighted by atomic mass is 35.5. The zero-order chi connectivity index (χ0) is 26.5. The Labute approximate surface area is 231 Å². The molecule has 1 heterocycles. The Morgan fingerprint density at radius 1 is 0.722 bits per heavy atom. The molecule has 1 aliphatic rings. The number of hydrogen-bond donors (Lipinski definition) is 0. The van der Waals surface area contributed by atoms with Crippen LogP contribution in [0.4, 0.5) is 0 Å². The van der Waals surface area contributed by atoms with E-state index >= 15 is 0 Å². The van der Waals surface area contributed by atoms with Crippen molar-refractivity contribution in [3.8, 4) is 0 Å². The highest BCUT2D eigenvalue weighted by Crippen LogP contribution is 2.45. The van der Waals surface area contributed by atoms with Gasteiger partial charge in [-0.3, -0.25) is 19.2 Å². The van der Waals surface area contributed by atoms with Crippen LogP contribution in [-0.2, 0) is 0 Å². The molecule has 0 aromatic heterocycles. The molecule has 184 valence electrons. The Bertz CT molecular complexity index is 1390. The first-order chi connectivity index (χ1) is 17.0. The van der Waals surface area contributed by atoms with Crippen LogP contribution >= 0.6 is 58.0 Å². The van der Waals surface area contributed by atoms with E-state index in [-0.39, 0.29) is 42.3 Å². The molecule has 0 spiro atoms. The van der Waals surface area contributed by atoms with Gasteiger partial charge in [0.15, 0.2) is 5.78 Å². The van der Waals surface area contributed by atoms with E-state index in [4.69, 9.17) is 58.0 Å². The molecule has 36 heavy (non-hydrogen) atoms. The average Bonchev–Trinajstić information content (AvgIpc) is 3.12. The van der Waals surface area contributed by atoms with Crippen LogP contribution in [0.3, 0.4) is 0 Å². The van der Waals surface area contributed by atoms with E-state index < -0.39 is 29.5 Å². The van der Waals surface area contributed by atoms with Gasteiger partial charge in [-0.1, -0.05) is 87.8 Å². The molecule has 1 aliphatic heterocycles. The van der Waals surface area contributed by atoms with Gasteiger partial charge in [0.1, 0.15) is 6.04 Å². The third-order valence-corrected chi connectivity index (χ3v) is 7.73. The first-order valence-corrected chi connectivity index (χ1v) is 12.3. The number of hydrogen-bond acceptors (Lipinski definition) is 4. The number of Topliss-reactive ketones (excluding diaryl/α,β-unsaturated/α-hetero) is 1. The Kier molecular flexibility index (Phi) is 7.37. The highest BCUT2D eigenvalue weighted by Gasteiger charge is 2.48. The van der Waals surface area contributed by atoms with Gasteiger partial charge in [0.05, 0.1) is 31.2 Å². The summed E-state index contributed by atoms with van der Waals surface area (Å²) in [5, 5.41) is 0.670. The van der Waals surface area contributed by atoms with Crippen molar-refractivity contribution in [3.05, 3.63) is 101 Å². The number of hydrazine groups is 1. The summed E-state index contributed by atoms with van der Waals surface area (Å²) >= 11 is 30.7. The van der Waals surface area contributed by atoms with Crippen molar-refractivity contribution in [1.29, 1.82) is 0 Å². The van der Waals surface area contributed by atoms with Gasteiger partial charge in [-0.15, -0.1) is 0 Å². The zero-order valence-corrected chi connectivity index (χ0v) is 22.4. The number of imide groups is 1. The van der Waals surface area contributed by atoms with Gasteiger partial charge in [-0.2, -0.15) is 5.01 Å². The summed E-state index contributed by atoms with van der Waals surface area (Å²) in [6.07, 6.45) is 0. The molecule has 4 rings (SSSR count). The number of benzene rings is 3. The molecule has 0 saturated heterocycles. The maximum Gasteiger partial charge on any atom is 0.282 e. The first kappa shape index (κ1) is 26.5. The smallest absolute Gasteiger partial charge is 0.282 e. The fourth-order valence-corrected chi connectivity index (χ4v) is 4.91. The summed E-state index contributed by atoms with van der Waals surface area (Å²) in [5.74, 6) is -3.28. The van der Waals surface area contributed by atoms with E-state index in [1.165, 1.54) is 31.2 Å². The van der Waals surface area contributed by atoms with Crippen LogP contribution in [0.1, 0.15) is 53.9 Å².